The van der Waals surface area contributed by atoms with Crippen molar-refractivity contribution in [3.8, 4) is 0 Å². The minimum atomic E-state index is 0.518. The molecule has 1 aromatic carbocycles. The molecule has 2 unspecified atom stereocenters. The van der Waals surface area contributed by atoms with E-state index in [9.17, 15) is 0 Å². The van der Waals surface area contributed by atoms with Gasteiger partial charge in [-0.3, -0.25) is 0 Å². The standard InChI is InChI=1S/C15H23NS2/c1-3-8-16-15(14-11-17-9-10-18-14)13-7-5-4-6-12(13)2/h4-7,14-16H,3,8-11H2,1-2H3. The van der Waals surface area contributed by atoms with E-state index in [4.69, 9.17) is 0 Å². The maximum Gasteiger partial charge on any atom is 0.0451 e. The van der Waals surface area contributed by atoms with Crippen molar-refractivity contribution in [2.45, 2.75) is 31.6 Å². The average molecular weight is 281 g/mol. The number of benzene rings is 1. The molecule has 1 aliphatic rings. The van der Waals surface area contributed by atoms with Gasteiger partial charge in [-0.2, -0.15) is 23.5 Å². The van der Waals surface area contributed by atoms with Crippen LogP contribution >= 0.6 is 23.5 Å². The van der Waals surface area contributed by atoms with Gasteiger partial charge in [-0.15, -0.1) is 0 Å². The Balaban J connectivity index is 2.15. The molecule has 0 bridgehead atoms. The molecule has 1 fully saturated rings. The first-order valence-corrected chi connectivity index (χ1v) is 9.01. The van der Waals surface area contributed by atoms with Gasteiger partial charge in [0.2, 0.25) is 0 Å². The van der Waals surface area contributed by atoms with Crippen molar-refractivity contribution in [1.82, 2.24) is 5.32 Å². The molecule has 1 aliphatic heterocycles. The highest BCUT2D eigenvalue weighted by atomic mass is 32.2. The normalized spacial score (nSPS) is 21.8. The van der Waals surface area contributed by atoms with Gasteiger partial charge in [0, 0.05) is 28.6 Å². The molecule has 1 nitrogen and oxygen atoms in total. The maximum absolute atomic E-state index is 3.76. The van der Waals surface area contributed by atoms with E-state index in [0.717, 1.165) is 11.8 Å². The van der Waals surface area contributed by atoms with Gasteiger partial charge in [0.05, 0.1) is 0 Å². The predicted octanol–water partition coefficient (Wildman–Crippen LogP) is 3.88. The van der Waals surface area contributed by atoms with Crippen molar-refractivity contribution >= 4 is 23.5 Å². The Morgan fingerprint density at radius 1 is 1.33 bits per heavy atom. The summed E-state index contributed by atoms with van der Waals surface area (Å²) in [4.78, 5) is 0. The SMILES string of the molecule is CCCNC(c1ccccc1C)C1CSCCS1. The van der Waals surface area contributed by atoms with Crippen molar-refractivity contribution in [2.24, 2.45) is 0 Å². The monoisotopic (exact) mass is 281 g/mol. The van der Waals surface area contributed by atoms with E-state index < -0.39 is 0 Å². The third-order valence-corrected chi connectivity index (χ3v) is 6.22. The predicted molar refractivity (Wildman–Crippen MR) is 85.8 cm³/mol. The molecule has 0 amide bonds. The summed E-state index contributed by atoms with van der Waals surface area (Å²) in [5, 5.41) is 4.48. The zero-order valence-corrected chi connectivity index (χ0v) is 12.9. The van der Waals surface area contributed by atoms with Crippen LogP contribution in [0.4, 0.5) is 0 Å². The lowest BCUT2D eigenvalue weighted by Gasteiger charge is -2.31. The van der Waals surface area contributed by atoms with Crippen molar-refractivity contribution in [3.63, 3.8) is 0 Å². The smallest absolute Gasteiger partial charge is 0.0451 e. The lowest BCUT2D eigenvalue weighted by Crippen LogP contribution is -2.34. The lowest BCUT2D eigenvalue weighted by molar-refractivity contribution is 0.528. The molecule has 2 atom stereocenters. The molecule has 0 spiro atoms. The molecule has 0 aromatic heterocycles. The number of thioether (sulfide) groups is 2. The van der Waals surface area contributed by atoms with Gasteiger partial charge in [-0.1, -0.05) is 31.2 Å². The lowest BCUT2D eigenvalue weighted by atomic mass is 9.99. The Bertz CT molecular complexity index is 361. The zero-order valence-electron chi connectivity index (χ0n) is 11.3. The van der Waals surface area contributed by atoms with E-state index >= 15 is 0 Å². The van der Waals surface area contributed by atoms with E-state index in [2.05, 4.69) is 67.0 Å². The fourth-order valence-corrected chi connectivity index (χ4v) is 5.24. The summed E-state index contributed by atoms with van der Waals surface area (Å²) in [5.74, 6) is 3.89. The van der Waals surface area contributed by atoms with Crippen LogP contribution in [-0.2, 0) is 0 Å². The number of aryl methyl sites for hydroxylation is 1. The van der Waals surface area contributed by atoms with Crippen LogP contribution in [0.3, 0.4) is 0 Å². The molecular weight excluding hydrogens is 258 g/mol. The van der Waals surface area contributed by atoms with E-state index in [1.807, 2.05) is 0 Å². The number of rotatable bonds is 5. The molecule has 18 heavy (non-hydrogen) atoms. The Labute approximate surface area is 120 Å². The van der Waals surface area contributed by atoms with Gasteiger partial charge >= 0.3 is 0 Å². The molecule has 2 rings (SSSR count). The maximum atomic E-state index is 3.76. The fourth-order valence-electron chi connectivity index (χ4n) is 2.38. The van der Waals surface area contributed by atoms with Crippen LogP contribution in [0.25, 0.3) is 0 Å². The molecule has 100 valence electrons. The number of nitrogens with one attached hydrogen (secondary N) is 1. The Hall–Kier alpha value is -0.120. The van der Waals surface area contributed by atoms with Crippen LogP contribution < -0.4 is 5.32 Å². The van der Waals surface area contributed by atoms with Crippen molar-refractivity contribution in [3.05, 3.63) is 35.4 Å². The molecule has 1 aromatic rings. The first-order chi connectivity index (χ1) is 8.83. The fraction of sp³-hybridized carbons (Fsp3) is 0.600. The molecule has 0 aliphatic carbocycles. The van der Waals surface area contributed by atoms with Crippen molar-refractivity contribution in [2.75, 3.05) is 23.8 Å². The quantitative estimate of drug-likeness (QED) is 0.879. The van der Waals surface area contributed by atoms with Gasteiger partial charge < -0.3 is 5.32 Å². The molecule has 1 saturated heterocycles. The van der Waals surface area contributed by atoms with E-state index in [1.165, 1.54) is 34.8 Å². The van der Waals surface area contributed by atoms with Gasteiger partial charge in [-0.25, -0.2) is 0 Å². The third kappa shape index (κ3) is 3.69. The van der Waals surface area contributed by atoms with Gasteiger partial charge in [0.1, 0.15) is 0 Å². The summed E-state index contributed by atoms with van der Waals surface area (Å²) >= 11 is 4.25. The van der Waals surface area contributed by atoms with Crippen LogP contribution in [0.1, 0.15) is 30.5 Å². The summed E-state index contributed by atoms with van der Waals surface area (Å²) in [6.07, 6.45) is 1.20. The highest BCUT2D eigenvalue weighted by molar-refractivity contribution is 8.06. The van der Waals surface area contributed by atoms with Crippen molar-refractivity contribution < 1.29 is 0 Å². The third-order valence-electron chi connectivity index (χ3n) is 3.35. The van der Waals surface area contributed by atoms with Crippen molar-refractivity contribution in [1.29, 1.82) is 0 Å². The van der Waals surface area contributed by atoms with E-state index in [0.29, 0.717) is 6.04 Å². The summed E-state index contributed by atoms with van der Waals surface area (Å²) in [5.41, 5.74) is 2.91. The second-order valence-electron chi connectivity index (χ2n) is 4.77. The first kappa shape index (κ1) is 14.3. The van der Waals surface area contributed by atoms with Gasteiger partial charge in [0.25, 0.3) is 0 Å². The minimum absolute atomic E-state index is 0.518. The van der Waals surface area contributed by atoms with Crippen LogP contribution in [0.5, 0.6) is 0 Å². The second kappa shape index (κ2) is 7.46. The summed E-state index contributed by atoms with van der Waals surface area (Å²) in [6.45, 7) is 5.59. The highest BCUT2D eigenvalue weighted by Gasteiger charge is 2.26. The Morgan fingerprint density at radius 2 is 2.17 bits per heavy atom. The molecule has 1 N–H and O–H groups in total. The van der Waals surface area contributed by atoms with Crippen LogP contribution in [0, 0.1) is 6.92 Å². The highest BCUT2D eigenvalue weighted by Crippen LogP contribution is 2.34. The summed E-state index contributed by atoms with van der Waals surface area (Å²) < 4.78 is 0. The van der Waals surface area contributed by atoms with E-state index in [-0.39, 0.29) is 0 Å². The van der Waals surface area contributed by atoms with E-state index in [1.54, 1.807) is 0 Å². The van der Waals surface area contributed by atoms with Crippen LogP contribution in [-0.4, -0.2) is 29.1 Å². The Morgan fingerprint density at radius 3 is 2.83 bits per heavy atom. The number of hydrogen-bond donors (Lipinski definition) is 1. The molecule has 0 radical (unpaired) electrons. The number of hydrogen-bond acceptors (Lipinski definition) is 3. The minimum Gasteiger partial charge on any atom is -0.309 e. The van der Waals surface area contributed by atoms with Crippen LogP contribution in [0.15, 0.2) is 24.3 Å². The molecule has 1 heterocycles. The first-order valence-electron chi connectivity index (χ1n) is 6.81. The Kier molecular flexibility index (Phi) is 5.93. The average Bonchev–Trinajstić information content (AvgIpc) is 2.42. The summed E-state index contributed by atoms with van der Waals surface area (Å²) in [7, 11) is 0. The van der Waals surface area contributed by atoms with Crippen LogP contribution in [0.2, 0.25) is 0 Å². The zero-order chi connectivity index (χ0) is 12.8. The second-order valence-corrected chi connectivity index (χ2v) is 7.27. The molecule has 3 heteroatoms. The molecule has 0 saturated carbocycles. The topological polar surface area (TPSA) is 12.0 Å². The molecular formula is C15H23NS2. The van der Waals surface area contributed by atoms with Gasteiger partial charge in [-0.05, 0) is 31.0 Å². The largest absolute Gasteiger partial charge is 0.309 e. The van der Waals surface area contributed by atoms with Gasteiger partial charge in [0.15, 0.2) is 0 Å². The summed E-state index contributed by atoms with van der Waals surface area (Å²) in [6, 6.07) is 9.35.